The number of carbonyl (C=O) groups is 1. The van der Waals surface area contributed by atoms with Crippen LogP contribution in [0.2, 0.25) is 0 Å². The number of hydrogen-bond donors (Lipinski definition) is 2. The van der Waals surface area contributed by atoms with Crippen LogP contribution >= 0.6 is 0 Å². The van der Waals surface area contributed by atoms with Crippen molar-refractivity contribution in [2.24, 2.45) is 0 Å². The zero-order valence-corrected chi connectivity index (χ0v) is 12.2. The van der Waals surface area contributed by atoms with Gasteiger partial charge in [0.2, 0.25) is 5.91 Å². The van der Waals surface area contributed by atoms with Crippen LogP contribution in [0.3, 0.4) is 0 Å². The van der Waals surface area contributed by atoms with Gasteiger partial charge in [0.15, 0.2) is 0 Å². The van der Waals surface area contributed by atoms with E-state index in [0.717, 1.165) is 45.4 Å². The highest BCUT2D eigenvalue weighted by molar-refractivity contribution is 5.86. The molecule has 1 aliphatic rings. The van der Waals surface area contributed by atoms with Crippen molar-refractivity contribution in [3.05, 3.63) is 0 Å². The number of carbonyl (C=O) groups excluding carboxylic acids is 1. The molecule has 0 unspecified atom stereocenters. The van der Waals surface area contributed by atoms with Crippen molar-refractivity contribution < 1.29 is 4.79 Å². The van der Waals surface area contributed by atoms with Crippen molar-refractivity contribution in [2.75, 3.05) is 33.2 Å². The Hall–Kier alpha value is -0.610. The number of likely N-dealkylation sites (N-methyl/N-ethyl adjacent to an activating group) is 1. The second kappa shape index (κ2) is 7.74. The monoisotopic (exact) mass is 255 g/mol. The van der Waals surface area contributed by atoms with Gasteiger partial charge in [0.1, 0.15) is 5.54 Å². The van der Waals surface area contributed by atoms with E-state index in [2.05, 4.69) is 29.4 Å². The molecule has 0 bridgehead atoms. The van der Waals surface area contributed by atoms with E-state index in [9.17, 15) is 4.79 Å². The average Bonchev–Trinajstić information content (AvgIpc) is 2.43. The molecular formula is C14H29N3O. The van der Waals surface area contributed by atoms with Gasteiger partial charge >= 0.3 is 0 Å². The van der Waals surface area contributed by atoms with Crippen LogP contribution in [-0.2, 0) is 4.79 Å². The van der Waals surface area contributed by atoms with E-state index in [0.29, 0.717) is 0 Å². The average molecular weight is 255 g/mol. The van der Waals surface area contributed by atoms with Gasteiger partial charge in [-0.15, -0.1) is 0 Å². The van der Waals surface area contributed by atoms with Crippen molar-refractivity contribution in [1.29, 1.82) is 0 Å². The molecule has 0 aromatic heterocycles. The van der Waals surface area contributed by atoms with Crippen molar-refractivity contribution in [3.8, 4) is 0 Å². The van der Waals surface area contributed by atoms with E-state index in [4.69, 9.17) is 0 Å². The van der Waals surface area contributed by atoms with Crippen LogP contribution in [0.4, 0.5) is 0 Å². The number of hydrogen-bond acceptors (Lipinski definition) is 3. The molecule has 0 spiro atoms. The minimum Gasteiger partial charge on any atom is -0.354 e. The lowest BCUT2D eigenvalue weighted by Gasteiger charge is -2.40. The standard InChI is InChI=1S/C14H29N3O/c1-4-6-7-10-16-13(18)14(15-3)8-11-17(5-2)12-9-14/h15H,4-12H2,1-3H3,(H,16,18). The quantitative estimate of drug-likeness (QED) is 0.675. The molecule has 4 heteroatoms. The zero-order valence-electron chi connectivity index (χ0n) is 12.2. The first kappa shape index (κ1) is 15.4. The summed E-state index contributed by atoms with van der Waals surface area (Å²) >= 11 is 0. The Labute approximate surface area is 111 Å². The third-order valence-electron chi connectivity index (χ3n) is 4.14. The summed E-state index contributed by atoms with van der Waals surface area (Å²) in [4.78, 5) is 14.7. The highest BCUT2D eigenvalue weighted by atomic mass is 16.2. The Morgan fingerprint density at radius 3 is 2.39 bits per heavy atom. The topological polar surface area (TPSA) is 44.4 Å². The fourth-order valence-corrected chi connectivity index (χ4v) is 2.59. The number of unbranched alkanes of at least 4 members (excludes halogenated alkanes) is 2. The van der Waals surface area contributed by atoms with E-state index < -0.39 is 0 Å². The first-order valence-corrected chi connectivity index (χ1v) is 7.38. The summed E-state index contributed by atoms with van der Waals surface area (Å²) in [5, 5.41) is 6.36. The fourth-order valence-electron chi connectivity index (χ4n) is 2.59. The van der Waals surface area contributed by atoms with Gasteiger partial charge in [0.05, 0.1) is 0 Å². The highest BCUT2D eigenvalue weighted by Crippen LogP contribution is 2.22. The van der Waals surface area contributed by atoms with Gasteiger partial charge < -0.3 is 15.5 Å². The minimum atomic E-state index is -0.335. The molecule has 1 heterocycles. The second-order valence-electron chi connectivity index (χ2n) is 5.23. The number of piperidine rings is 1. The van der Waals surface area contributed by atoms with Crippen LogP contribution < -0.4 is 10.6 Å². The molecule has 1 aliphatic heterocycles. The second-order valence-corrected chi connectivity index (χ2v) is 5.23. The molecule has 106 valence electrons. The summed E-state index contributed by atoms with van der Waals surface area (Å²) in [6.45, 7) is 8.28. The molecule has 0 atom stereocenters. The predicted octanol–water partition coefficient (Wildman–Crippen LogP) is 1.37. The number of nitrogens with zero attached hydrogens (tertiary/aromatic N) is 1. The van der Waals surface area contributed by atoms with E-state index in [1.54, 1.807) is 0 Å². The van der Waals surface area contributed by atoms with Gasteiger partial charge in [0, 0.05) is 19.6 Å². The third kappa shape index (κ3) is 3.95. The van der Waals surface area contributed by atoms with Crippen molar-refractivity contribution in [1.82, 2.24) is 15.5 Å². The Morgan fingerprint density at radius 2 is 1.89 bits per heavy atom. The van der Waals surface area contributed by atoms with Crippen LogP contribution in [0.15, 0.2) is 0 Å². The first-order valence-electron chi connectivity index (χ1n) is 7.38. The smallest absolute Gasteiger partial charge is 0.240 e. The van der Waals surface area contributed by atoms with Crippen LogP contribution in [0.5, 0.6) is 0 Å². The molecule has 1 saturated heterocycles. The lowest BCUT2D eigenvalue weighted by atomic mass is 9.86. The number of rotatable bonds is 7. The van der Waals surface area contributed by atoms with E-state index in [1.807, 2.05) is 7.05 Å². The SMILES string of the molecule is CCCCCNC(=O)C1(NC)CCN(CC)CC1. The summed E-state index contributed by atoms with van der Waals surface area (Å²) in [5.41, 5.74) is -0.335. The fraction of sp³-hybridized carbons (Fsp3) is 0.929. The van der Waals surface area contributed by atoms with Gasteiger partial charge in [-0.1, -0.05) is 26.7 Å². The lowest BCUT2D eigenvalue weighted by Crippen LogP contribution is -2.60. The van der Waals surface area contributed by atoms with Crippen molar-refractivity contribution in [3.63, 3.8) is 0 Å². The summed E-state index contributed by atoms with van der Waals surface area (Å²) in [7, 11) is 1.91. The molecule has 0 aliphatic carbocycles. The highest BCUT2D eigenvalue weighted by Gasteiger charge is 2.39. The van der Waals surface area contributed by atoms with Crippen LogP contribution in [0.25, 0.3) is 0 Å². The maximum absolute atomic E-state index is 12.3. The predicted molar refractivity (Wildman–Crippen MR) is 75.7 cm³/mol. The third-order valence-corrected chi connectivity index (χ3v) is 4.14. The van der Waals surface area contributed by atoms with Crippen molar-refractivity contribution >= 4 is 5.91 Å². The van der Waals surface area contributed by atoms with Crippen LogP contribution in [0.1, 0.15) is 46.0 Å². The van der Waals surface area contributed by atoms with E-state index in [-0.39, 0.29) is 11.4 Å². The summed E-state index contributed by atoms with van der Waals surface area (Å²) < 4.78 is 0. The molecule has 2 N–H and O–H groups in total. The normalized spacial score (nSPS) is 19.7. The molecule has 0 aromatic rings. The van der Waals surface area contributed by atoms with Gasteiger partial charge in [-0.2, -0.15) is 0 Å². The van der Waals surface area contributed by atoms with Gasteiger partial charge in [-0.3, -0.25) is 4.79 Å². The maximum atomic E-state index is 12.3. The van der Waals surface area contributed by atoms with Gasteiger partial charge in [-0.05, 0) is 32.9 Å². The number of nitrogens with one attached hydrogen (secondary N) is 2. The summed E-state index contributed by atoms with van der Waals surface area (Å²) in [5.74, 6) is 0.192. The van der Waals surface area contributed by atoms with Crippen molar-refractivity contribution in [2.45, 2.75) is 51.5 Å². The van der Waals surface area contributed by atoms with E-state index >= 15 is 0 Å². The molecule has 1 amide bonds. The minimum absolute atomic E-state index is 0.192. The molecule has 1 rings (SSSR count). The lowest BCUT2D eigenvalue weighted by molar-refractivity contribution is -0.129. The molecule has 0 aromatic carbocycles. The molecule has 18 heavy (non-hydrogen) atoms. The van der Waals surface area contributed by atoms with Gasteiger partial charge in [0.25, 0.3) is 0 Å². The molecular weight excluding hydrogens is 226 g/mol. The number of likely N-dealkylation sites (tertiary alicyclic amines) is 1. The Morgan fingerprint density at radius 1 is 1.22 bits per heavy atom. The van der Waals surface area contributed by atoms with Gasteiger partial charge in [-0.25, -0.2) is 0 Å². The number of amides is 1. The largest absolute Gasteiger partial charge is 0.354 e. The van der Waals surface area contributed by atoms with E-state index in [1.165, 1.54) is 12.8 Å². The zero-order chi connectivity index (χ0) is 13.4. The molecule has 0 radical (unpaired) electrons. The Bertz CT molecular complexity index is 247. The summed E-state index contributed by atoms with van der Waals surface area (Å²) in [6.07, 6.45) is 5.30. The molecule has 4 nitrogen and oxygen atoms in total. The summed E-state index contributed by atoms with van der Waals surface area (Å²) in [6, 6.07) is 0. The molecule has 0 saturated carbocycles. The van der Waals surface area contributed by atoms with Crippen LogP contribution in [-0.4, -0.2) is 49.6 Å². The first-order chi connectivity index (χ1) is 8.68. The maximum Gasteiger partial charge on any atom is 0.240 e. The molecule has 1 fully saturated rings. The Balaban J connectivity index is 2.42. The van der Waals surface area contributed by atoms with Crippen LogP contribution in [0, 0.1) is 0 Å². The Kier molecular flexibility index (Phi) is 6.65.